The maximum Gasteiger partial charge on any atom is 0.188 e. The van der Waals surface area contributed by atoms with Crippen molar-refractivity contribution in [2.75, 3.05) is 13.9 Å². The Labute approximate surface area is 72.1 Å². The Balaban J connectivity index is 2.60. The molecule has 0 spiro atoms. The lowest BCUT2D eigenvalue weighted by Crippen LogP contribution is -2.01. The fourth-order valence-corrected chi connectivity index (χ4v) is 0.822. The van der Waals surface area contributed by atoms with Crippen LogP contribution in [0.15, 0.2) is 18.2 Å². The molecule has 1 radical (unpaired) electrons. The minimum absolute atomic E-state index is 0.241. The molecule has 0 bridgehead atoms. The average molecular weight is 166 g/mol. The van der Waals surface area contributed by atoms with Crippen LogP contribution >= 0.6 is 0 Å². The molecule has 0 heterocycles. The van der Waals surface area contributed by atoms with Gasteiger partial charge in [-0.15, -0.1) is 0 Å². The molecule has 0 atom stereocenters. The van der Waals surface area contributed by atoms with Gasteiger partial charge in [-0.25, -0.2) is 0 Å². The molecule has 0 unspecified atom stereocenters. The van der Waals surface area contributed by atoms with Crippen molar-refractivity contribution in [1.29, 1.82) is 0 Å². The highest BCUT2D eigenvalue weighted by Gasteiger charge is 1.94. The second-order valence-electron chi connectivity index (χ2n) is 2.32. The second-order valence-corrected chi connectivity index (χ2v) is 2.32. The number of hydrogen-bond donors (Lipinski definition) is 1. The van der Waals surface area contributed by atoms with Crippen LogP contribution in [0.25, 0.3) is 0 Å². The molecule has 0 saturated heterocycles. The molecule has 0 amide bonds. The van der Waals surface area contributed by atoms with E-state index in [9.17, 15) is 0 Å². The molecule has 3 heteroatoms. The van der Waals surface area contributed by atoms with E-state index in [1.54, 1.807) is 13.2 Å². The van der Waals surface area contributed by atoms with Crippen LogP contribution < -0.4 is 10.5 Å². The predicted molar refractivity (Wildman–Crippen MR) is 45.7 cm³/mol. The van der Waals surface area contributed by atoms with Gasteiger partial charge in [0.2, 0.25) is 0 Å². The van der Waals surface area contributed by atoms with E-state index in [1.807, 2.05) is 12.1 Å². The van der Waals surface area contributed by atoms with E-state index in [-0.39, 0.29) is 6.79 Å². The van der Waals surface area contributed by atoms with Gasteiger partial charge in [0.1, 0.15) is 5.75 Å². The first kappa shape index (κ1) is 9.03. The van der Waals surface area contributed by atoms with Crippen LogP contribution in [0.5, 0.6) is 5.75 Å². The number of methoxy groups -OCH3 is 1. The molecule has 2 N–H and O–H groups in total. The molecule has 0 saturated carbocycles. The third-order valence-corrected chi connectivity index (χ3v) is 1.41. The van der Waals surface area contributed by atoms with Crippen molar-refractivity contribution < 1.29 is 9.47 Å². The monoisotopic (exact) mass is 166 g/mol. The maximum atomic E-state index is 5.45. The SMILES string of the molecule is COCOc1[c]ccc(CN)c1. The molecule has 0 aliphatic carbocycles. The van der Waals surface area contributed by atoms with Gasteiger partial charge in [0.15, 0.2) is 6.79 Å². The van der Waals surface area contributed by atoms with Gasteiger partial charge in [0.05, 0.1) is 0 Å². The van der Waals surface area contributed by atoms with Crippen LogP contribution in [0.2, 0.25) is 0 Å². The summed E-state index contributed by atoms with van der Waals surface area (Å²) in [4.78, 5) is 0. The van der Waals surface area contributed by atoms with Crippen molar-refractivity contribution in [3.63, 3.8) is 0 Å². The Hall–Kier alpha value is -1.06. The largest absolute Gasteiger partial charge is 0.467 e. The van der Waals surface area contributed by atoms with Crippen molar-refractivity contribution in [2.24, 2.45) is 5.73 Å². The standard InChI is InChI=1S/C9H12NO2/c1-11-7-12-9-4-2-3-8(5-9)6-10/h2-3,5H,6-7,10H2,1H3. The lowest BCUT2D eigenvalue weighted by Gasteiger charge is -2.04. The van der Waals surface area contributed by atoms with E-state index in [0.29, 0.717) is 12.3 Å². The molecule has 65 valence electrons. The number of benzene rings is 1. The summed E-state index contributed by atoms with van der Waals surface area (Å²) in [6.07, 6.45) is 0. The molecule has 12 heavy (non-hydrogen) atoms. The molecule has 1 aromatic carbocycles. The lowest BCUT2D eigenvalue weighted by atomic mass is 10.2. The summed E-state index contributed by atoms with van der Waals surface area (Å²) >= 11 is 0. The smallest absolute Gasteiger partial charge is 0.188 e. The summed E-state index contributed by atoms with van der Waals surface area (Å²) in [6, 6.07) is 8.45. The van der Waals surface area contributed by atoms with Gasteiger partial charge in [0, 0.05) is 19.7 Å². The van der Waals surface area contributed by atoms with Gasteiger partial charge in [-0.1, -0.05) is 12.1 Å². The van der Waals surface area contributed by atoms with Crippen molar-refractivity contribution in [3.05, 3.63) is 29.8 Å². The van der Waals surface area contributed by atoms with Crippen LogP contribution in [-0.2, 0) is 11.3 Å². The third kappa shape index (κ3) is 2.53. The summed E-state index contributed by atoms with van der Waals surface area (Å²) in [6.45, 7) is 0.753. The fraction of sp³-hybridized carbons (Fsp3) is 0.333. The maximum absolute atomic E-state index is 5.45. The molecule has 0 aromatic heterocycles. The highest BCUT2D eigenvalue weighted by Crippen LogP contribution is 2.11. The Morgan fingerprint density at radius 2 is 2.42 bits per heavy atom. The number of rotatable bonds is 4. The second kappa shape index (κ2) is 4.74. The normalized spacial score (nSPS) is 9.83. The Bertz CT molecular complexity index is 238. The first-order chi connectivity index (χ1) is 5.86. The fourth-order valence-electron chi connectivity index (χ4n) is 0.822. The van der Waals surface area contributed by atoms with Crippen molar-refractivity contribution in [3.8, 4) is 5.75 Å². The summed E-state index contributed by atoms with van der Waals surface area (Å²) in [5.74, 6) is 0.666. The molecular weight excluding hydrogens is 154 g/mol. The molecular formula is C9H12NO2. The summed E-state index contributed by atoms with van der Waals surface area (Å²) in [7, 11) is 1.58. The Morgan fingerprint density at radius 1 is 1.58 bits per heavy atom. The summed E-state index contributed by atoms with van der Waals surface area (Å²) in [5.41, 5.74) is 6.47. The Morgan fingerprint density at radius 3 is 3.08 bits per heavy atom. The van der Waals surface area contributed by atoms with Crippen LogP contribution in [0.3, 0.4) is 0 Å². The first-order valence-corrected chi connectivity index (χ1v) is 3.69. The van der Waals surface area contributed by atoms with E-state index in [2.05, 4.69) is 6.07 Å². The zero-order valence-corrected chi connectivity index (χ0v) is 7.04. The average Bonchev–Trinajstić information content (AvgIpc) is 2.15. The van der Waals surface area contributed by atoms with Gasteiger partial charge in [-0.3, -0.25) is 0 Å². The van der Waals surface area contributed by atoms with Gasteiger partial charge >= 0.3 is 0 Å². The molecule has 1 aromatic rings. The van der Waals surface area contributed by atoms with Crippen LogP contribution in [0, 0.1) is 6.07 Å². The minimum Gasteiger partial charge on any atom is -0.467 e. The quantitative estimate of drug-likeness (QED) is 0.677. The minimum atomic E-state index is 0.241. The van der Waals surface area contributed by atoms with E-state index in [0.717, 1.165) is 5.56 Å². The van der Waals surface area contributed by atoms with Crippen LogP contribution in [-0.4, -0.2) is 13.9 Å². The van der Waals surface area contributed by atoms with Gasteiger partial charge in [0.25, 0.3) is 0 Å². The summed E-state index contributed by atoms with van der Waals surface area (Å²) in [5, 5.41) is 0. The van der Waals surface area contributed by atoms with Gasteiger partial charge in [-0.2, -0.15) is 0 Å². The molecule has 0 aliphatic heterocycles. The van der Waals surface area contributed by atoms with Crippen LogP contribution in [0.4, 0.5) is 0 Å². The van der Waals surface area contributed by atoms with Gasteiger partial charge < -0.3 is 15.2 Å². The predicted octanol–water partition coefficient (Wildman–Crippen LogP) is 0.928. The van der Waals surface area contributed by atoms with Crippen molar-refractivity contribution in [1.82, 2.24) is 0 Å². The third-order valence-electron chi connectivity index (χ3n) is 1.41. The first-order valence-electron chi connectivity index (χ1n) is 3.69. The van der Waals surface area contributed by atoms with E-state index in [4.69, 9.17) is 15.2 Å². The zero-order chi connectivity index (χ0) is 8.81. The van der Waals surface area contributed by atoms with E-state index < -0.39 is 0 Å². The van der Waals surface area contributed by atoms with Crippen LogP contribution in [0.1, 0.15) is 5.56 Å². The number of nitrogens with two attached hydrogens (primary N) is 1. The van der Waals surface area contributed by atoms with Crippen molar-refractivity contribution >= 4 is 0 Å². The molecule has 0 fully saturated rings. The zero-order valence-electron chi connectivity index (χ0n) is 7.04. The summed E-state index contributed by atoms with van der Waals surface area (Å²) < 4.78 is 9.91. The molecule has 1 rings (SSSR count). The van der Waals surface area contributed by atoms with Crippen molar-refractivity contribution in [2.45, 2.75) is 6.54 Å². The highest BCUT2D eigenvalue weighted by atomic mass is 16.7. The lowest BCUT2D eigenvalue weighted by molar-refractivity contribution is 0.0509. The van der Waals surface area contributed by atoms with Gasteiger partial charge in [-0.05, 0) is 11.6 Å². The highest BCUT2D eigenvalue weighted by molar-refractivity contribution is 5.26. The topological polar surface area (TPSA) is 44.5 Å². The van der Waals surface area contributed by atoms with E-state index in [1.165, 1.54) is 0 Å². The number of hydrogen-bond acceptors (Lipinski definition) is 3. The molecule has 0 aliphatic rings. The van der Waals surface area contributed by atoms with E-state index >= 15 is 0 Å². The number of ether oxygens (including phenoxy) is 2. The molecule has 3 nitrogen and oxygen atoms in total. The Kier molecular flexibility index (Phi) is 3.57.